The first-order valence-corrected chi connectivity index (χ1v) is 6.12. The van der Waals surface area contributed by atoms with Gasteiger partial charge in [0.2, 0.25) is 0 Å². The van der Waals surface area contributed by atoms with Gasteiger partial charge in [0, 0.05) is 0 Å². The summed E-state index contributed by atoms with van der Waals surface area (Å²) in [6.07, 6.45) is 2.28. The number of hydrogen-bond donors (Lipinski definition) is 1. The van der Waals surface area contributed by atoms with E-state index in [4.69, 9.17) is 4.74 Å². The fourth-order valence-corrected chi connectivity index (χ4v) is 1.31. The second-order valence-corrected chi connectivity index (χ2v) is 3.62. The Bertz CT molecular complexity index is 261. The topological polar surface area (TPSA) is 21.3 Å². The summed E-state index contributed by atoms with van der Waals surface area (Å²) in [4.78, 5) is 0. The average Bonchev–Trinajstić information content (AvgIpc) is 2.31. The quantitative estimate of drug-likeness (QED) is 0.774. The standard InChI is InChI=1S/C11H17NO.C3H8/c1-3-12-9-8-10-6-4-5-7-11(10)13-2;1-3-2/h4-7,12H,3,8-9H2,1-2H3;3H2,1-2H3. The number of nitrogens with one attached hydrogen (secondary N) is 1. The number of methoxy groups -OCH3 is 1. The molecule has 0 fully saturated rings. The van der Waals surface area contributed by atoms with E-state index < -0.39 is 0 Å². The Labute approximate surface area is 100 Å². The Balaban J connectivity index is 0.000000673. The van der Waals surface area contributed by atoms with Crippen molar-refractivity contribution in [2.45, 2.75) is 33.6 Å². The van der Waals surface area contributed by atoms with Gasteiger partial charge in [-0.05, 0) is 31.1 Å². The van der Waals surface area contributed by atoms with E-state index in [1.165, 1.54) is 12.0 Å². The summed E-state index contributed by atoms with van der Waals surface area (Å²) in [6, 6.07) is 8.15. The summed E-state index contributed by atoms with van der Waals surface area (Å²) in [5.41, 5.74) is 1.27. The van der Waals surface area contributed by atoms with Crippen molar-refractivity contribution in [2.24, 2.45) is 0 Å². The molecule has 1 rings (SSSR count). The molecule has 0 radical (unpaired) electrons. The lowest BCUT2D eigenvalue weighted by molar-refractivity contribution is 0.409. The molecule has 1 aromatic carbocycles. The largest absolute Gasteiger partial charge is 0.496 e. The van der Waals surface area contributed by atoms with Gasteiger partial charge >= 0.3 is 0 Å². The maximum absolute atomic E-state index is 5.25. The average molecular weight is 223 g/mol. The molecule has 0 aromatic heterocycles. The van der Waals surface area contributed by atoms with Crippen LogP contribution in [0.2, 0.25) is 0 Å². The van der Waals surface area contributed by atoms with Crippen molar-refractivity contribution in [3.63, 3.8) is 0 Å². The van der Waals surface area contributed by atoms with E-state index >= 15 is 0 Å². The Morgan fingerprint density at radius 3 is 2.31 bits per heavy atom. The van der Waals surface area contributed by atoms with Crippen molar-refractivity contribution >= 4 is 0 Å². The molecule has 0 saturated carbocycles. The first kappa shape index (κ1) is 15.0. The molecular formula is C14H25NO. The summed E-state index contributed by atoms with van der Waals surface area (Å²) in [7, 11) is 1.71. The monoisotopic (exact) mass is 223 g/mol. The molecule has 0 saturated heterocycles. The van der Waals surface area contributed by atoms with E-state index in [2.05, 4.69) is 32.2 Å². The maximum Gasteiger partial charge on any atom is 0.122 e. The summed E-state index contributed by atoms with van der Waals surface area (Å²) >= 11 is 0. The van der Waals surface area contributed by atoms with Gasteiger partial charge in [-0.2, -0.15) is 0 Å². The molecule has 0 aliphatic carbocycles. The van der Waals surface area contributed by atoms with Crippen molar-refractivity contribution in [3.05, 3.63) is 29.8 Å². The molecule has 0 aliphatic heterocycles. The SMILES string of the molecule is CCC.CCNCCc1ccccc1OC. The lowest BCUT2D eigenvalue weighted by Gasteiger charge is -2.07. The maximum atomic E-state index is 5.25. The van der Waals surface area contributed by atoms with Crippen molar-refractivity contribution < 1.29 is 4.74 Å². The van der Waals surface area contributed by atoms with Crippen LogP contribution in [0.15, 0.2) is 24.3 Å². The van der Waals surface area contributed by atoms with Gasteiger partial charge < -0.3 is 10.1 Å². The Hall–Kier alpha value is -1.02. The number of likely N-dealkylation sites (N-methyl/N-ethyl adjacent to an activating group) is 1. The van der Waals surface area contributed by atoms with Crippen LogP contribution in [0, 0.1) is 0 Å². The minimum atomic E-state index is 0.986. The number of ether oxygens (including phenoxy) is 1. The lowest BCUT2D eigenvalue weighted by Crippen LogP contribution is -2.16. The molecule has 0 spiro atoms. The third-order valence-corrected chi connectivity index (χ3v) is 2.01. The summed E-state index contributed by atoms with van der Waals surface area (Å²) < 4.78 is 5.25. The van der Waals surface area contributed by atoms with Crippen LogP contribution < -0.4 is 10.1 Å². The predicted molar refractivity (Wildman–Crippen MR) is 71.2 cm³/mol. The first-order chi connectivity index (χ1) is 7.79. The van der Waals surface area contributed by atoms with E-state index in [9.17, 15) is 0 Å². The highest BCUT2D eigenvalue weighted by Crippen LogP contribution is 2.16. The zero-order valence-corrected chi connectivity index (χ0v) is 11.0. The third kappa shape index (κ3) is 6.46. The van der Waals surface area contributed by atoms with Crippen molar-refractivity contribution in [2.75, 3.05) is 20.2 Å². The van der Waals surface area contributed by atoms with Gasteiger partial charge in [-0.25, -0.2) is 0 Å². The van der Waals surface area contributed by atoms with Crippen molar-refractivity contribution in [3.8, 4) is 5.75 Å². The Morgan fingerprint density at radius 1 is 1.12 bits per heavy atom. The number of rotatable bonds is 5. The van der Waals surface area contributed by atoms with Gasteiger partial charge in [-0.3, -0.25) is 0 Å². The van der Waals surface area contributed by atoms with Gasteiger partial charge in [0.1, 0.15) is 5.75 Å². The fourth-order valence-electron chi connectivity index (χ4n) is 1.31. The smallest absolute Gasteiger partial charge is 0.122 e. The van der Waals surface area contributed by atoms with Crippen LogP contribution in [0.5, 0.6) is 5.75 Å². The molecule has 92 valence electrons. The van der Waals surface area contributed by atoms with E-state index in [0.717, 1.165) is 25.3 Å². The molecule has 2 heteroatoms. The van der Waals surface area contributed by atoms with E-state index in [0.29, 0.717) is 0 Å². The second kappa shape index (κ2) is 10.5. The Kier molecular flexibility index (Phi) is 9.83. The highest BCUT2D eigenvalue weighted by molar-refractivity contribution is 5.33. The van der Waals surface area contributed by atoms with E-state index in [-0.39, 0.29) is 0 Å². The van der Waals surface area contributed by atoms with Gasteiger partial charge in [0.25, 0.3) is 0 Å². The zero-order valence-electron chi connectivity index (χ0n) is 11.0. The summed E-state index contributed by atoms with van der Waals surface area (Å²) in [5.74, 6) is 0.986. The highest BCUT2D eigenvalue weighted by atomic mass is 16.5. The van der Waals surface area contributed by atoms with E-state index in [1.807, 2.05) is 18.2 Å². The molecule has 1 aromatic rings. The van der Waals surface area contributed by atoms with Gasteiger partial charge in [-0.15, -0.1) is 0 Å². The number of benzene rings is 1. The fraction of sp³-hybridized carbons (Fsp3) is 0.571. The molecule has 1 N–H and O–H groups in total. The normalized spacial score (nSPS) is 9.25. The number of hydrogen-bond acceptors (Lipinski definition) is 2. The van der Waals surface area contributed by atoms with Gasteiger partial charge in [0.15, 0.2) is 0 Å². The number of para-hydroxylation sites is 1. The summed E-state index contributed by atoms with van der Waals surface area (Å²) in [5, 5.41) is 3.29. The van der Waals surface area contributed by atoms with E-state index in [1.54, 1.807) is 7.11 Å². The van der Waals surface area contributed by atoms with Crippen LogP contribution in [0.3, 0.4) is 0 Å². The molecule has 16 heavy (non-hydrogen) atoms. The van der Waals surface area contributed by atoms with Crippen molar-refractivity contribution in [1.82, 2.24) is 5.32 Å². The molecule has 0 aliphatic rings. The summed E-state index contributed by atoms with van der Waals surface area (Å²) in [6.45, 7) is 8.40. The van der Waals surface area contributed by atoms with Crippen LogP contribution in [-0.2, 0) is 6.42 Å². The third-order valence-electron chi connectivity index (χ3n) is 2.01. The molecule has 0 bridgehead atoms. The molecule has 2 nitrogen and oxygen atoms in total. The zero-order chi connectivity index (χ0) is 12.2. The minimum absolute atomic E-state index is 0.986. The minimum Gasteiger partial charge on any atom is -0.496 e. The Morgan fingerprint density at radius 2 is 1.75 bits per heavy atom. The van der Waals surface area contributed by atoms with Crippen LogP contribution >= 0.6 is 0 Å². The predicted octanol–water partition coefficient (Wildman–Crippen LogP) is 3.26. The molecule has 0 heterocycles. The molecule has 0 unspecified atom stereocenters. The lowest BCUT2D eigenvalue weighted by atomic mass is 10.1. The first-order valence-electron chi connectivity index (χ1n) is 6.12. The molecule has 0 amide bonds. The van der Waals surface area contributed by atoms with Crippen LogP contribution in [0.4, 0.5) is 0 Å². The second-order valence-electron chi connectivity index (χ2n) is 3.62. The van der Waals surface area contributed by atoms with Crippen molar-refractivity contribution in [1.29, 1.82) is 0 Å². The van der Waals surface area contributed by atoms with Crippen LogP contribution in [0.25, 0.3) is 0 Å². The van der Waals surface area contributed by atoms with Gasteiger partial charge in [0.05, 0.1) is 7.11 Å². The highest BCUT2D eigenvalue weighted by Gasteiger charge is 1.99. The van der Waals surface area contributed by atoms with Crippen LogP contribution in [-0.4, -0.2) is 20.2 Å². The molecular weight excluding hydrogens is 198 g/mol. The molecule has 0 atom stereocenters. The van der Waals surface area contributed by atoms with Crippen LogP contribution in [0.1, 0.15) is 32.8 Å². The van der Waals surface area contributed by atoms with Gasteiger partial charge in [-0.1, -0.05) is 45.4 Å².